The number of aryl methyl sites for hydroxylation is 1. The molecule has 0 bridgehead atoms. The zero-order valence-corrected chi connectivity index (χ0v) is 23.6. The minimum Gasteiger partial charge on any atom is -0.445 e. The van der Waals surface area contributed by atoms with Crippen molar-refractivity contribution in [3.8, 4) is 17.6 Å². The highest BCUT2D eigenvalue weighted by atomic mass is 35.5. The van der Waals surface area contributed by atoms with Crippen molar-refractivity contribution in [2.45, 2.75) is 58.7 Å². The van der Waals surface area contributed by atoms with E-state index in [4.69, 9.17) is 16.3 Å². The van der Waals surface area contributed by atoms with Crippen molar-refractivity contribution in [1.82, 2.24) is 20.4 Å². The van der Waals surface area contributed by atoms with E-state index >= 15 is 0 Å². The second-order valence-electron chi connectivity index (χ2n) is 10.5. The van der Waals surface area contributed by atoms with Gasteiger partial charge in [-0.1, -0.05) is 23.7 Å². The zero-order chi connectivity index (χ0) is 30.1. The largest absolute Gasteiger partial charge is 0.445 e. The first-order valence-electron chi connectivity index (χ1n) is 12.9. The van der Waals surface area contributed by atoms with Gasteiger partial charge >= 0.3 is 5.56 Å². The number of halogens is 3. The number of aromatic nitrogens is 2. The van der Waals surface area contributed by atoms with Gasteiger partial charge in [-0.15, -0.1) is 0 Å². The van der Waals surface area contributed by atoms with Crippen molar-refractivity contribution in [1.29, 1.82) is 5.26 Å². The maximum Gasteiger partial charge on any atom is 0.307 e. The maximum atomic E-state index is 14.8. The van der Waals surface area contributed by atoms with E-state index in [0.29, 0.717) is 23.6 Å². The Morgan fingerprint density at radius 1 is 1.22 bits per heavy atom. The SMILES string of the molecule is Cc1cc(Oc2c(F)cc(C(=O)NC(C)C(=O)N3[C@H](c4cccc(Cl)c4)CC[C@@H]3C(C)(C)C#N)cc2F)c(=O)[nH]n1. The summed E-state index contributed by atoms with van der Waals surface area (Å²) >= 11 is 6.20. The molecular formula is C29H28ClF2N5O4. The second kappa shape index (κ2) is 11.7. The highest BCUT2D eigenvalue weighted by Gasteiger charge is 2.46. The van der Waals surface area contributed by atoms with E-state index in [1.54, 1.807) is 43.9 Å². The van der Waals surface area contributed by atoms with E-state index in [1.165, 1.54) is 13.0 Å². The smallest absolute Gasteiger partial charge is 0.307 e. The molecule has 1 unspecified atom stereocenters. The van der Waals surface area contributed by atoms with Crippen LogP contribution in [0.15, 0.2) is 47.3 Å². The summed E-state index contributed by atoms with van der Waals surface area (Å²) in [7, 11) is 0. The van der Waals surface area contributed by atoms with Crippen molar-refractivity contribution in [2.24, 2.45) is 5.41 Å². The third-order valence-electron chi connectivity index (χ3n) is 7.08. The number of hydrogen-bond donors (Lipinski definition) is 2. The van der Waals surface area contributed by atoms with Gasteiger partial charge in [0.2, 0.25) is 5.91 Å². The summed E-state index contributed by atoms with van der Waals surface area (Å²) < 4.78 is 34.8. The summed E-state index contributed by atoms with van der Waals surface area (Å²) in [4.78, 5) is 40.2. The number of carbonyl (C=O) groups excluding carboxylic acids is 2. The number of nitriles is 1. The Morgan fingerprint density at radius 3 is 2.54 bits per heavy atom. The number of hydrogen-bond acceptors (Lipinski definition) is 6. The molecule has 12 heteroatoms. The molecule has 1 fully saturated rings. The highest BCUT2D eigenvalue weighted by Crippen LogP contribution is 2.43. The number of ether oxygens (including phenoxy) is 1. The Kier molecular flexibility index (Phi) is 8.44. The lowest BCUT2D eigenvalue weighted by atomic mass is 9.84. The molecule has 3 aromatic rings. The quantitative estimate of drug-likeness (QED) is 0.393. The van der Waals surface area contributed by atoms with Crippen LogP contribution in [0.2, 0.25) is 5.02 Å². The van der Waals surface area contributed by atoms with Crippen molar-refractivity contribution >= 4 is 23.4 Å². The molecule has 2 heterocycles. The van der Waals surface area contributed by atoms with Gasteiger partial charge in [0, 0.05) is 16.7 Å². The van der Waals surface area contributed by atoms with Gasteiger partial charge in [0.1, 0.15) is 6.04 Å². The van der Waals surface area contributed by atoms with Gasteiger partial charge in [0.25, 0.3) is 5.91 Å². The molecule has 0 aliphatic carbocycles. The Hall–Kier alpha value is -4.30. The molecule has 2 aromatic carbocycles. The van der Waals surface area contributed by atoms with Crippen molar-refractivity contribution in [2.75, 3.05) is 0 Å². The van der Waals surface area contributed by atoms with Crippen LogP contribution in [0.25, 0.3) is 0 Å². The highest BCUT2D eigenvalue weighted by molar-refractivity contribution is 6.30. The zero-order valence-electron chi connectivity index (χ0n) is 22.8. The van der Waals surface area contributed by atoms with Gasteiger partial charge in [-0.25, -0.2) is 13.9 Å². The van der Waals surface area contributed by atoms with E-state index in [-0.39, 0.29) is 11.8 Å². The molecule has 3 atom stereocenters. The fraction of sp³-hybridized carbons (Fsp3) is 0.345. The first kappa shape index (κ1) is 29.7. The van der Waals surface area contributed by atoms with E-state index in [2.05, 4.69) is 21.6 Å². The Morgan fingerprint density at radius 2 is 1.90 bits per heavy atom. The molecule has 1 aliphatic heterocycles. The van der Waals surface area contributed by atoms with Crippen LogP contribution in [0, 0.1) is 35.3 Å². The second-order valence-corrected chi connectivity index (χ2v) is 10.9. The minimum absolute atomic E-state index is 0.353. The summed E-state index contributed by atoms with van der Waals surface area (Å²) in [5.74, 6) is -5.05. The summed E-state index contributed by atoms with van der Waals surface area (Å²) in [5.41, 5.74) is -0.924. The summed E-state index contributed by atoms with van der Waals surface area (Å²) in [6.45, 7) is 6.51. The van der Waals surface area contributed by atoms with Crippen LogP contribution in [0.3, 0.4) is 0 Å². The molecule has 41 heavy (non-hydrogen) atoms. The third kappa shape index (κ3) is 6.23. The Balaban J connectivity index is 1.56. The van der Waals surface area contributed by atoms with E-state index in [1.807, 2.05) is 6.07 Å². The molecule has 214 valence electrons. The van der Waals surface area contributed by atoms with Gasteiger partial charge < -0.3 is 15.0 Å². The van der Waals surface area contributed by atoms with Crippen molar-refractivity contribution in [3.63, 3.8) is 0 Å². The predicted molar refractivity (Wildman–Crippen MR) is 146 cm³/mol. The monoisotopic (exact) mass is 583 g/mol. The average molecular weight is 584 g/mol. The molecular weight excluding hydrogens is 556 g/mol. The minimum atomic E-state index is -1.22. The van der Waals surface area contributed by atoms with Crippen LogP contribution >= 0.6 is 11.6 Å². The number of nitrogens with one attached hydrogen (secondary N) is 2. The predicted octanol–water partition coefficient (Wildman–Crippen LogP) is 5.20. The van der Waals surface area contributed by atoms with Gasteiger partial charge in [0.05, 0.1) is 29.3 Å². The Bertz CT molecular complexity index is 1580. The fourth-order valence-electron chi connectivity index (χ4n) is 4.96. The summed E-state index contributed by atoms with van der Waals surface area (Å²) in [5, 5.41) is 18.6. The number of aromatic amines is 1. The lowest BCUT2D eigenvalue weighted by Gasteiger charge is -2.38. The van der Waals surface area contributed by atoms with E-state index < -0.39 is 57.8 Å². The summed E-state index contributed by atoms with van der Waals surface area (Å²) in [6, 6.07) is 10.1. The molecule has 0 saturated carbocycles. The molecule has 4 rings (SSSR count). The van der Waals surface area contributed by atoms with E-state index in [9.17, 15) is 28.4 Å². The number of amides is 2. The van der Waals surface area contributed by atoms with Crippen LogP contribution in [-0.2, 0) is 4.79 Å². The van der Waals surface area contributed by atoms with Crippen LogP contribution in [0.5, 0.6) is 11.5 Å². The molecule has 1 aliphatic rings. The number of benzene rings is 2. The van der Waals surface area contributed by atoms with Crippen LogP contribution in [0.1, 0.15) is 61.3 Å². The van der Waals surface area contributed by atoms with Gasteiger partial charge in [-0.3, -0.25) is 14.4 Å². The molecule has 9 nitrogen and oxygen atoms in total. The first-order chi connectivity index (χ1) is 19.3. The number of likely N-dealkylation sites (tertiary alicyclic amines) is 1. The van der Waals surface area contributed by atoms with E-state index in [0.717, 1.165) is 17.7 Å². The molecule has 0 spiro atoms. The lowest BCUT2D eigenvalue weighted by molar-refractivity contribution is -0.137. The molecule has 1 saturated heterocycles. The summed E-state index contributed by atoms with van der Waals surface area (Å²) in [6.07, 6.45) is 1.14. The number of rotatable bonds is 7. The van der Waals surface area contributed by atoms with Crippen LogP contribution in [-0.4, -0.2) is 39.0 Å². The molecule has 0 radical (unpaired) electrons. The number of carbonyl (C=O) groups is 2. The third-order valence-corrected chi connectivity index (χ3v) is 7.32. The normalized spacial score (nSPS) is 17.6. The van der Waals surface area contributed by atoms with Crippen molar-refractivity contribution in [3.05, 3.63) is 86.3 Å². The first-order valence-corrected chi connectivity index (χ1v) is 13.2. The fourth-order valence-corrected chi connectivity index (χ4v) is 5.16. The number of nitrogens with zero attached hydrogens (tertiary/aromatic N) is 3. The van der Waals surface area contributed by atoms with Gasteiger partial charge in [-0.05, 0) is 70.4 Å². The van der Waals surface area contributed by atoms with Crippen LogP contribution < -0.4 is 15.6 Å². The molecule has 2 N–H and O–H groups in total. The standard InChI is InChI=1S/C29H28ClF2N5O4/c1-15-10-23(27(39)36-35-15)41-25-20(31)12-18(13-21(25)32)26(38)34-16(2)28(40)37-22(17-6-5-7-19(30)11-17)8-9-24(37)29(3,4)14-33/h5-7,10-13,16,22,24H,8-9H2,1-4H3,(H,34,38)(H,36,39)/t16?,22-,24+/m0/s1. The average Bonchev–Trinajstić information content (AvgIpc) is 3.38. The van der Waals surface area contributed by atoms with Crippen molar-refractivity contribution < 1.29 is 23.1 Å². The molecule has 2 amide bonds. The number of H-pyrrole nitrogens is 1. The lowest BCUT2D eigenvalue weighted by Crippen LogP contribution is -2.52. The topological polar surface area (TPSA) is 128 Å². The van der Waals surface area contributed by atoms with Gasteiger partial charge in [-0.2, -0.15) is 10.4 Å². The van der Waals surface area contributed by atoms with Crippen LogP contribution in [0.4, 0.5) is 8.78 Å². The molecule has 1 aromatic heterocycles. The maximum absolute atomic E-state index is 14.8. The Labute approximate surface area is 240 Å². The van der Waals surface area contributed by atoms with Gasteiger partial charge in [0.15, 0.2) is 23.1 Å².